The van der Waals surface area contributed by atoms with Crippen LogP contribution in [0.15, 0.2) is 53.5 Å². The quantitative estimate of drug-likeness (QED) is 0.714. The van der Waals surface area contributed by atoms with Crippen LogP contribution in [-0.4, -0.2) is 4.98 Å². The van der Waals surface area contributed by atoms with Crippen molar-refractivity contribution in [2.24, 2.45) is 0 Å². The Balaban J connectivity index is 1.77. The molecule has 0 bridgehead atoms. The second-order valence-electron chi connectivity index (χ2n) is 5.63. The van der Waals surface area contributed by atoms with Gasteiger partial charge < -0.3 is 10.3 Å². The predicted octanol–water partition coefficient (Wildman–Crippen LogP) is 4.49. The smallest absolute Gasteiger partial charge is 0.361 e. The highest BCUT2D eigenvalue weighted by atomic mass is 35.5. The van der Waals surface area contributed by atoms with Crippen molar-refractivity contribution in [3.8, 4) is 0 Å². The molecular weight excluding hydrogens is 353 g/mol. The first-order valence-corrected chi connectivity index (χ1v) is 7.89. The Bertz CT molecular complexity index is 949. The number of alkyl halides is 3. The first-order valence-electron chi connectivity index (χ1n) is 7.51. The fraction of sp³-hybridized carbons (Fsp3) is 0.167. The first kappa shape index (κ1) is 17.5. The van der Waals surface area contributed by atoms with Crippen molar-refractivity contribution < 1.29 is 13.2 Å². The summed E-state index contributed by atoms with van der Waals surface area (Å²) in [6.07, 6.45) is -3.00. The number of fused-ring (bicyclic) bond motifs is 1. The van der Waals surface area contributed by atoms with E-state index in [2.05, 4.69) is 10.3 Å². The molecule has 2 N–H and O–H groups in total. The molecule has 0 radical (unpaired) electrons. The van der Waals surface area contributed by atoms with E-state index < -0.39 is 11.7 Å². The van der Waals surface area contributed by atoms with E-state index in [4.69, 9.17) is 11.6 Å². The van der Waals surface area contributed by atoms with Crippen LogP contribution >= 0.6 is 11.6 Å². The lowest BCUT2D eigenvalue weighted by Crippen LogP contribution is -2.20. The predicted molar refractivity (Wildman–Crippen MR) is 91.6 cm³/mol. The third-order valence-corrected chi connectivity index (χ3v) is 4.09. The molecule has 3 rings (SSSR count). The van der Waals surface area contributed by atoms with Crippen LogP contribution in [0.1, 0.15) is 16.7 Å². The summed E-state index contributed by atoms with van der Waals surface area (Å²) in [5.74, 6) is 0. The number of rotatable bonds is 4. The number of hydrogen-bond donors (Lipinski definition) is 2. The average molecular weight is 367 g/mol. The standard InChI is InChI=1S/C18H14ClF3N2O/c19-14-4-1-11(2-5-14)8-23-9-12-10-24-16-7-13(18(20,21)22)3-6-15(16)17(12)25/h1-7,10,23H,8-9H2,(H,24,25). The van der Waals surface area contributed by atoms with Gasteiger partial charge in [-0.2, -0.15) is 13.2 Å². The van der Waals surface area contributed by atoms with E-state index in [0.717, 1.165) is 17.7 Å². The molecule has 25 heavy (non-hydrogen) atoms. The number of nitrogens with one attached hydrogen (secondary N) is 2. The van der Waals surface area contributed by atoms with Gasteiger partial charge in [0.15, 0.2) is 5.43 Å². The minimum absolute atomic E-state index is 0.168. The summed E-state index contributed by atoms with van der Waals surface area (Å²) in [6.45, 7) is 0.844. The number of pyridine rings is 1. The molecule has 0 unspecified atom stereocenters. The molecule has 0 aliphatic carbocycles. The third-order valence-electron chi connectivity index (χ3n) is 3.84. The summed E-state index contributed by atoms with van der Waals surface area (Å²) >= 11 is 5.82. The van der Waals surface area contributed by atoms with Gasteiger partial charge in [0.25, 0.3) is 0 Å². The molecule has 1 aromatic heterocycles. The lowest BCUT2D eigenvalue weighted by molar-refractivity contribution is -0.137. The van der Waals surface area contributed by atoms with Gasteiger partial charge in [-0.25, -0.2) is 0 Å². The lowest BCUT2D eigenvalue weighted by atomic mass is 10.1. The fourth-order valence-electron chi connectivity index (χ4n) is 2.52. The number of aromatic amines is 1. The van der Waals surface area contributed by atoms with Crippen LogP contribution in [0.3, 0.4) is 0 Å². The molecule has 0 spiro atoms. The third kappa shape index (κ3) is 4.03. The van der Waals surface area contributed by atoms with Crippen LogP contribution in [0, 0.1) is 0 Å². The van der Waals surface area contributed by atoms with Crippen molar-refractivity contribution in [2.45, 2.75) is 19.3 Å². The Labute approximate surface area is 146 Å². The van der Waals surface area contributed by atoms with Crippen molar-refractivity contribution in [1.29, 1.82) is 0 Å². The molecule has 0 saturated carbocycles. The highest BCUT2D eigenvalue weighted by molar-refractivity contribution is 6.30. The molecule has 7 heteroatoms. The van der Waals surface area contributed by atoms with Gasteiger partial charge in [0, 0.05) is 40.8 Å². The van der Waals surface area contributed by atoms with Crippen LogP contribution < -0.4 is 10.7 Å². The maximum absolute atomic E-state index is 12.7. The first-order chi connectivity index (χ1) is 11.8. The van der Waals surface area contributed by atoms with E-state index >= 15 is 0 Å². The number of halogens is 4. The Morgan fingerprint density at radius 1 is 1.04 bits per heavy atom. The van der Waals surface area contributed by atoms with Crippen LogP contribution in [0.5, 0.6) is 0 Å². The molecule has 2 aromatic carbocycles. The normalized spacial score (nSPS) is 11.8. The number of hydrogen-bond acceptors (Lipinski definition) is 2. The van der Waals surface area contributed by atoms with E-state index in [1.54, 1.807) is 12.1 Å². The highest BCUT2D eigenvalue weighted by Gasteiger charge is 2.30. The zero-order valence-electron chi connectivity index (χ0n) is 13.0. The SMILES string of the molecule is O=c1c(CNCc2ccc(Cl)cc2)c[nH]c2cc(C(F)(F)F)ccc12. The second kappa shape index (κ2) is 6.90. The Morgan fingerprint density at radius 2 is 1.76 bits per heavy atom. The summed E-state index contributed by atoms with van der Waals surface area (Å²) in [7, 11) is 0. The molecular formula is C18H14ClF3N2O. The van der Waals surface area contributed by atoms with Gasteiger partial charge in [0.1, 0.15) is 0 Å². The highest BCUT2D eigenvalue weighted by Crippen LogP contribution is 2.30. The molecule has 1 heterocycles. The van der Waals surface area contributed by atoms with Crippen LogP contribution in [0.4, 0.5) is 13.2 Å². The molecule has 0 saturated heterocycles. The van der Waals surface area contributed by atoms with E-state index in [-0.39, 0.29) is 16.3 Å². The molecule has 0 amide bonds. The molecule has 0 aliphatic rings. The number of H-pyrrole nitrogens is 1. The minimum atomic E-state index is -4.44. The maximum atomic E-state index is 12.7. The van der Waals surface area contributed by atoms with Gasteiger partial charge in [-0.3, -0.25) is 4.79 Å². The molecule has 0 fully saturated rings. The van der Waals surface area contributed by atoms with Gasteiger partial charge in [0.05, 0.1) is 5.56 Å². The largest absolute Gasteiger partial charge is 0.416 e. The van der Waals surface area contributed by atoms with Crippen molar-refractivity contribution in [3.05, 3.63) is 80.6 Å². The zero-order valence-corrected chi connectivity index (χ0v) is 13.7. The van der Waals surface area contributed by atoms with E-state index in [1.807, 2.05) is 12.1 Å². The summed E-state index contributed by atoms with van der Waals surface area (Å²) in [6, 6.07) is 10.4. The minimum Gasteiger partial charge on any atom is -0.361 e. The van der Waals surface area contributed by atoms with Crippen molar-refractivity contribution in [2.75, 3.05) is 0 Å². The van der Waals surface area contributed by atoms with E-state index in [9.17, 15) is 18.0 Å². The Morgan fingerprint density at radius 3 is 2.44 bits per heavy atom. The number of aromatic nitrogens is 1. The monoisotopic (exact) mass is 366 g/mol. The fourth-order valence-corrected chi connectivity index (χ4v) is 2.64. The van der Waals surface area contributed by atoms with Gasteiger partial charge in [-0.15, -0.1) is 0 Å². The van der Waals surface area contributed by atoms with Crippen LogP contribution in [0.2, 0.25) is 5.02 Å². The topological polar surface area (TPSA) is 44.9 Å². The van der Waals surface area contributed by atoms with E-state index in [1.165, 1.54) is 12.3 Å². The van der Waals surface area contributed by atoms with Gasteiger partial charge in [-0.05, 0) is 35.9 Å². The van der Waals surface area contributed by atoms with Crippen LogP contribution in [-0.2, 0) is 19.3 Å². The molecule has 0 aliphatic heterocycles. The Hall–Kier alpha value is -2.31. The summed E-state index contributed by atoms with van der Waals surface area (Å²) in [5.41, 5.74) is 0.564. The lowest BCUT2D eigenvalue weighted by Gasteiger charge is -2.09. The molecule has 0 atom stereocenters. The Kier molecular flexibility index (Phi) is 4.83. The summed E-state index contributed by atoms with van der Waals surface area (Å²) < 4.78 is 38.2. The summed E-state index contributed by atoms with van der Waals surface area (Å²) in [5, 5.41) is 4.02. The average Bonchev–Trinajstić information content (AvgIpc) is 2.57. The van der Waals surface area contributed by atoms with E-state index in [0.29, 0.717) is 23.7 Å². The maximum Gasteiger partial charge on any atom is 0.416 e. The molecule has 3 aromatic rings. The summed E-state index contributed by atoms with van der Waals surface area (Å²) in [4.78, 5) is 15.2. The van der Waals surface area contributed by atoms with Gasteiger partial charge in [-0.1, -0.05) is 23.7 Å². The molecule has 3 nitrogen and oxygen atoms in total. The zero-order chi connectivity index (χ0) is 18.0. The van der Waals surface area contributed by atoms with Gasteiger partial charge >= 0.3 is 6.18 Å². The van der Waals surface area contributed by atoms with Crippen molar-refractivity contribution in [1.82, 2.24) is 10.3 Å². The van der Waals surface area contributed by atoms with Crippen LogP contribution in [0.25, 0.3) is 10.9 Å². The van der Waals surface area contributed by atoms with Crippen molar-refractivity contribution in [3.63, 3.8) is 0 Å². The van der Waals surface area contributed by atoms with Crippen molar-refractivity contribution >= 4 is 22.5 Å². The number of benzene rings is 2. The second-order valence-corrected chi connectivity index (χ2v) is 6.07. The molecule has 130 valence electrons. The van der Waals surface area contributed by atoms with Gasteiger partial charge in [0.2, 0.25) is 0 Å².